The van der Waals surface area contributed by atoms with Gasteiger partial charge in [-0.2, -0.15) is 0 Å². The molecule has 3 atom stereocenters. The van der Waals surface area contributed by atoms with E-state index in [0.29, 0.717) is 11.5 Å². The topological polar surface area (TPSA) is 64.6 Å². The van der Waals surface area contributed by atoms with Crippen LogP contribution < -0.4 is 14.8 Å². The summed E-state index contributed by atoms with van der Waals surface area (Å²) in [5, 5.41) is 6.20. The third kappa shape index (κ3) is 3.46. The first-order chi connectivity index (χ1) is 15.0. The third-order valence-corrected chi connectivity index (χ3v) is 6.09. The summed E-state index contributed by atoms with van der Waals surface area (Å²) in [5.74, 6) is 0.495. The van der Waals surface area contributed by atoms with Crippen LogP contribution in [0.15, 0.2) is 66.7 Å². The van der Waals surface area contributed by atoms with Crippen LogP contribution in [0.2, 0.25) is 0 Å². The van der Waals surface area contributed by atoms with Crippen molar-refractivity contribution in [3.8, 4) is 11.5 Å². The number of carbonyl (C=O) groups is 2. The smallest absolute Gasteiger partial charge is 0.308 e. The Bertz CT molecular complexity index is 1230. The lowest BCUT2D eigenvalue weighted by Crippen LogP contribution is -2.29. The van der Waals surface area contributed by atoms with E-state index >= 15 is 0 Å². The monoisotopic (exact) mass is 413 g/mol. The van der Waals surface area contributed by atoms with E-state index in [4.69, 9.17) is 9.47 Å². The summed E-state index contributed by atoms with van der Waals surface area (Å²) in [4.78, 5) is 23.2. The molecule has 0 saturated heterocycles. The number of anilines is 1. The number of hydrogen-bond donors (Lipinski definition) is 1. The maximum atomic E-state index is 11.8. The van der Waals surface area contributed by atoms with Crippen molar-refractivity contribution in [1.29, 1.82) is 0 Å². The van der Waals surface area contributed by atoms with Gasteiger partial charge in [-0.05, 0) is 46.9 Å². The Labute approximate surface area is 180 Å². The van der Waals surface area contributed by atoms with Crippen LogP contribution in [-0.4, -0.2) is 11.9 Å². The van der Waals surface area contributed by atoms with Crippen molar-refractivity contribution >= 4 is 28.4 Å². The Hall–Kier alpha value is -3.60. The maximum Gasteiger partial charge on any atom is 0.308 e. The predicted octanol–water partition coefficient (Wildman–Crippen LogP) is 5.52. The van der Waals surface area contributed by atoms with Gasteiger partial charge in [0.25, 0.3) is 0 Å². The van der Waals surface area contributed by atoms with Crippen LogP contribution >= 0.6 is 0 Å². The first-order valence-electron chi connectivity index (χ1n) is 10.5. The average Bonchev–Trinajstić information content (AvgIpc) is 3.22. The molecule has 3 aromatic carbocycles. The number of hydrogen-bond acceptors (Lipinski definition) is 5. The molecular weight excluding hydrogens is 390 g/mol. The van der Waals surface area contributed by atoms with Crippen LogP contribution in [0.1, 0.15) is 43.4 Å². The SMILES string of the molecule is CC(=O)Oc1ccc([C@H]2Nc3ccc4ccccc4c3[C@H]3C=CC[C@H]32)c(OC(C)=O)c1. The summed E-state index contributed by atoms with van der Waals surface area (Å²) in [5.41, 5.74) is 3.29. The lowest BCUT2D eigenvalue weighted by molar-refractivity contribution is -0.132. The summed E-state index contributed by atoms with van der Waals surface area (Å²) in [6.07, 6.45) is 5.46. The lowest BCUT2D eigenvalue weighted by Gasteiger charge is -2.38. The minimum Gasteiger partial charge on any atom is -0.427 e. The molecule has 1 aliphatic carbocycles. The number of esters is 2. The molecule has 31 heavy (non-hydrogen) atoms. The molecule has 1 heterocycles. The van der Waals surface area contributed by atoms with Crippen LogP contribution in [0.4, 0.5) is 5.69 Å². The largest absolute Gasteiger partial charge is 0.427 e. The van der Waals surface area contributed by atoms with Gasteiger partial charge < -0.3 is 14.8 Å². The van der Waals surface area contributed by atoms with Gasteiger partial charge >= 0.3 is 11.9 Å². The fraction of sp³-hybridized carbons (Fsp3) is 0.231. The average molecular weight is 413 g/mol. The van der Waals surface area contributed by atoms with E-state index in [-0.39, 0.29) is 17.9 Å². The normalized spacial score (nSPS) is 21.2. The van der Waals surface area contributed by atoms with Gasteiger partial charge in [0.05, 0.1) is 6.04 Å². The maximum absolute atomic E-state index is 11.8. The van der Waals surface area contributed by atoms with E-state index in [9.17, 15) is 9.59 Å². The molecule has 5 nitrogen and oxygen atoms in total. The molecule has 0 spiro atoms. The van der Waals surface area contributed by atoms with Crippen molar-refractivity contribution in [3.05, 3.63) is 77.9 Å². The molecule has 2 aliphatic rings. The van der Waals surface area contributed by atoms with Gasteiger partial charge in [-0.3, -0.25) is 9.59 Å². The fourth-order valence-corrected chi connectivity index (χ4v) is 4.93. The van der Waals surface area contributed by atoms with Gasteiger partial charge in [0, 0.05) is 37.1 Å². The highest BCUT2D eigenvalue weighted by atomic mass is 16.5. The first-order valence-corrected chi connectivity index (χ1v) is 10.5. The molecule has 0 bridgehead atoms. The highest BCUT2D eigenvalue weighted by molar-refractivity contribution is 5.92. The van der Waals surface area contributed by atoms with Gasteiger partial charge in [0.2, 0.25) is 0 Å². The Kier molecular flexibility index (Phi) is 4.74. The molecule has 0 amide bonds. The third-order valence-electron chi connectivity index (χ3n) is 6.09. The highest BCUT2D eigenvalue weighted by Crippen LogP contribution is 2.53. The van der Waals surface area contributed by atoms with Crippen LogP contribution in [0.25, 0.3) is 10.8 Å². The highest BCUT2D eigenvalue weighted by Gasteiger charge is 2.40. The van der Waals surface area contributed by atoms with E-state index in [1.165, 1.54) is 30.2 Å². The molecule has 156 valence electrons. The van der Waals surface area contributed by atoms with Crippen molar-refractivity contribution in [2.45, 2.75) is 32.2 Å². The fourth-order valence-electron chi connectivity index (χ4n) is 4.93. The second-order valence-electron chi connectivity index (χ2n) is 8.11. The Morgan fingerprint density at radius 1 is 0.968 bits per heavy atom. The molecular formula is C26H23NO4. The Balaban J connectivity index is 1.61. The standard InChI is InChI=1S/C26H23NO4/c1-15(28)30-18-11-12-22(24(14-18)31-16(2)29)26-21-9-5-8-20(21)25-19-7-4-3-6-17(19)10-13-23(25)27-26/h3-8,10-14,20-21,26-27H,9H2,1-2H3/t20-,21+,26-/m0/s1. The van der Waals surface area contributed by atoms with E-state index in [2.05, 4.69) is 53.9 Å². The number of fused-ring (bicyclic) bond motifs is 5. The summed E-state index contributed by atoms with van der Waals surface area (Å²) in [6.45, 7) is 2.72. The molecule has 3 aromatic rings. The van der Waals surface area contributed by atoms with Crippen LogP contribution in [0, 0.1) is 5.92 Å². The summed E-state index contributed by atoms with van der Waals surface area (Å²) >= 11 is 0. The Morgan fingerprint density at radius 3 is 2.58 bits per heavy atom. The summed E-state index contributed by atoms with van der Waals surface area (Å²) in [6, 6.07) is 17.9. The van der Waals surface area contributed by atoms with E-state index in [1.807, 2.05) is 6.07 Å². The van der Waals surface area contributed by atoms with Gasteiger partial charge in [0.15, 0.2) is 0 Å². The number of rotatable bonds is 3. The van der Waals surface area contributed by atoms with Gasteiger partial charge in [0.1, 0.15) is 11.5 Å². The van der Waals surface area contributed by atoms with Crippen molar-refractivity contribution in [2.75, 3.05) is 5.32 Å². The second-order valence-corrected chi connectivity index (χ2v) is 8.11. The zero-order valence-electron chi connectivity index (χ0n) is 17.4. The van der Waals surface area contributed by atoms with Crippen LogP contribution in [-0.2, 0) is 9.59 Å². The molecule has 0 saturated carbocycles. The minimum atomic E-state index is -0.418. The molecule has 5 heteroatoms. The van der Waals surface area contributed by atoms with Crippen molar-refractivity contribution in [2.24, 2.45) is 5.92 Å². The molecule has 1 N–H and O–H groups in total. The number of nitrogens with one attached hydrogen (secondary N) is 1. The molecule has 0 unspecified atom stereocenters. The summed E-state index contributed by atoms with van der Waals surface area (Å²) < 4.78 is 10.7. The van der Waals surface area contributed by atoms with Crippen molar-refractivity contribution in [3.63, 3.8) is 0 Å². The van der Waals surface area contributed by atoms with Gasteiger partial charge in [-0.25, -0.2) is 0 Å². The molecule has 5 rings (SSSR count). The number of allylic oxidation sites excluding steroid dienone is 2. The molecule has 1 aliphatic heterocycles. The summed E-state index contributed by atoms with van der Waals surface area (Å²) in [7, 11) is 0. The first kappa shape index (κ1) is 19.4. The van der Waals surface area contributed by atoms with Crippen LogP contribution in [0.3, 0.4) is 0 Å². The minimum absolute atomic E-state index is 0.0469. The van der Waals surface area contributed by atoms with Crippen LogP contribution in [0.5, 0.6) is 11.5 Å². The van der Waals surface area contributed by atoms with Crippen molar-refractivity contribution in [1.82, 2.24) is 0 Å². The number of benzene rings is 3. The van der Waals surface area contributed by atoms with Gasteiger partial charge in [-0.1, -0.05) is 42.5 Å². The quantitative estimate of drug-likeness (QED) is 0.348. The number of carbonyl (C=O) groups excluding carboxylic acids is 2. The van der Waals surface area contributed by atoms with Crippen molar-refractivity contribution < 1.29 is 19.1 Å². The predicted molar refractivity (Wildman–Crippen MR) is 119 cm³/mol. The number of ether oxygens (including phenoxy) is 2. The molecule has 0 radical (unpaired) electrons. The zero-order chi connectivity index (χ0) is 21.5. The molecule has 0 fully saturated rings. The van der Waals surface area contributed by atoms with E-state index < -0.39 is 11.9 Å². The second kappa shape index (κ2) is 7.58. The van der Waals surface area contributed by atoms with E-state index in [0.717, 1.165) is 17.7 Å². The Morgan fingerprint density at radius 2 is 1.77 bits per heavy atom. The van der Waals surface area contributed by atoms with Gasteiger partial charge in [-0.15, -0.1) is 0 Å². The van der Waals surface area contributed by atoms with E-state index in [1.54, 1.807) is 12.1 Å². The molecule has 0 aromatic heterocycles. The lowest BCUT2D eigenvalue weighted by atomic mass is 9.75. The zero-order valence-corrected chi connectivity index (χ0v) is 17.4.